The number of carbonyl (C=O) groups is 1. The van der Waals surface area contributed by atoms with Crippen LogP contribution in [-0.4, -0.2) is 13.1 Å². The molecule has 3 nitrogen and oxygen atoms in total. The molecule has 0 heterocycles. The Kier molecular flexibility index (Phi) is 5.02. The van der Waals surface area contributed by atoms with Crippen LogP contribution in [0.25, 0.3) is 0 Å². The third-order valence-corrected chi connectivity index (χ3v) is 3.26. The average Bonchev–Trinajstić information content (AvgIpc) is 2.53. The first-order chi connectivity index (χ1) is 9.70. The van der Waals surface area contributed by atoms with Gasteiger partial charge in [-0.25, -0.2) is 0 Å². The van der Waals surface area contributed by atoms with E-state index in [-0.39, 0.29) is 0 Å². The fourth-order valence-corrected chi connectivity index (χ4v) is 1.95. The number of benzene rings is 2. The van der Waals surface area contributed by atoms with Crippen molar-refractivity contribution in [3.63, 3.8) is 0 Å². The van der Waals surface area contributed by atoms with Crippen molar-refractivity contribution in [1.29, 1.82) is 0 Å². The largest absolute Gasteiger partial charge is 0.489 e. The van der Waals surface area contributed by atoms with Gasteiger partial charge in [-0.3, -0.25) is 4.79 Å². The monoisotopic (exact) mass is 290 g/mol. The first-order valence-electron chi connectivity index (χ1n) is 6.19. The zero-order valence-electron chi connectivity index (χ0n) is 11.1. The summed E-state index contributed by atoms with van der Waals surface area (Å²) < 4.78 is 10.3. The summed E-state index contributed by atoms with van der Waals surface area (Å²) in [4.78, 5) is 11.3. The number of alkyl halides is 1. The van der Waals surface area contributed by atoms with Crippen LogP contribution in [0.2, 0.25) is 0 Å². The van der Waals surface area contributed by atoms with E-state index in [1.165, 1.54) is 7.11 Å². The molecule has 0 radical (unpaired) electrons. The minimum absolute atomic E-state index is 0.468. The minimum Gasteiger partial charge on any atom is -0.489 e. The zero-order chi connectivity index (χ0) is 14.4. The zero-order valence-corrected chi connectivity index (χ0v) is 11.8. The van der Waals surface area contributed by atoms with Gasteiger partial charge in [-0.05, 0) is 23.3 Å². The fraction of sp³-hybridized carbons (Fsp3) is 0.188. The molecule has 0 saturated heterocycles. The van der Waals surface area contributed by atoms with Crippen molar-refractivity contribution in [2.75, 3.05) is 7.11 Å². The molecule has 0 amide bonds. The lowest BCUT2D eigenvalue weighted by atomic mass is 10.1. The van der Waals surface area contributed by atoms with E-state index >= 15 is 0 Å². The molecule has 0 aliphatic carbocycles. The van der Waals surface area contributed by atoms with Gasteiger partial charge in [-0.1, -0.05) is 42.5 Å². The summed E-state index contributed by atoms with van der Waals surface area (Å²) in [5.74, 6) is 0.260. The summed E-state index contributed by atoms with van der Waals surface area (Å²) in [6, 6.07) is 17.0. The van der Waals surface area contributed by atoms with Gasteiger partial charge in [0.25, 0.3) is 0 Å². The lowest BCUT2D eigenvalue weighted by Gasteiger charge is -2.09. The molecule has 0 spiro atoms. The van der Waals surface area contributed by atoms with E-state index in [0.717, 1.165) is 11.3 Å². The van der Waals surface area contributed by atoms with Crippen LogP contribution in [0, 0.1) is 0 Å². The molecule has 0 N–H and O–H groups in total. The highest BCUT2D eigenvalue weighted by molar-refractivity contribution is 6.29. The third kappa shape index (κ3) is 3.75. The van der Waals surface area contributed by atoms with Gasteiger partial charge in [0.2, 0.25) is 0 Å². The smallest absolute Gasteiger partial charge is 0.328 e. The van der Waals surface area contributed by atoms with Crippen LogP contribution in [0.5, 0.6) is 5.75 Å². The number of rotatable bonds is 5. The van der Waals surface area contributed by atoms with Gasteiger partial charge in [0, 0.05) is 0 Å². The first-order valence-corrected chi connectivity index (χ1v) is 6.63. The number of hydrogen-bond donors (Lipinski definition) is 0. The van der Waals surface area contributed by atoms with Crippen LogP contribution in [-0.2, 0) is 16.1 Å². The van der Waals surface area contributed by atoms with Crippen molar-refractivity contribution in [3.8, 4) is 5.75 Å². The van der Waals surface area contributed by atoms with Gasteiger partial charge in [0.15, 0.2) is 5.38 Å². The van der Waals surface area contributed by atoms with Crippen LogP contribution >= 0.6 is 11.6 Å². The number of hydrogen-bond acceptors (Lipinski definition) is 3. The lowest BCUT2D eigenvalue weighted by Crippen LogP contribution is -2.08. The summed E-state index contributed by atoms with van der Waals surface area (Å²) in [7, 11) is 1.31. The van der Waals surface area contributed by atoms with Crippen LogP contribution in [0.4, 0.5) is 0 Å². The number of ether oxygens (including phenoxy) is 2. The fourth-order valence-electron chi connectivity index (χ4n) is 1.71. The molecule has 0 aliphatic heterocycles. The predicted molar refractivity (Wildman–Crippen MR) is 77.8 cm³/mol. The highest BCUT2D eigenvalue weighted by atomic mass is 35.5. The molecular weight excluding hydrogens is 276 g/mol. The van der Waals surface area contributed by atoms with Crippen molar-refractivity contribution < 1.29 is 14.3 Å². The summed E-state index contributed by atoms with van der Waals surface area (Å²) in [5.41, 5.74) is 1.78. The quantitative estimate of drug-likeness (QED) is 0.622. The van der Waals surface area contributed by atoms with Crippen molar-refractivity contribution in [2.45, 2.75) is 12.0 Å². The summed E-state index contributed by atoms with van der Waals surface area (Å²) >= 11 is 5.97. The highest BCUT2D eigenvalue weighted by Gasteiger charge is 2.17. The van der Waals surface area contributed by atoms with E-state index in [0.29, 0.717) is 12.2 Å². The summed E-state index contributed by atoms with van der Waals surface area (Å²) in [6.07, 6.45) is 0. The second-order valence-electron chi connectivity index (χ2n) is 4.23. The van der Waals surface area contributed by atoms with Gasteiger partial charge in [0.1, 0.15) is 12.4 Å². The Morgan fingerprint density at radius 3 is 2.35 bits per heavy atom. The summed E-state index contributed by atoms with van der Waals surface area (Å²) in [5, 5.41) is -0.789. The van der Waals surface area contributed by atoms with Crippen molar-refractivity contribution in [1.82, 2.24) is 0 Å². The van der Waals surface area contributed by atoms with Gasteiger partial charge in [-0.15, -0.1) is 11.6 Å². The molecule has 4 heteroatoms. The standard InChI is InChI=1S/C16H15ClO3/c1-19-16(18)15(17)13-7-9-14(10-8-13)20-11-12-5-3-2-4-6-12/h2-10,15H,11H2,1H3. The molecule has 2 aromatic rings. The number of esters is 1. The van der Waals surface area contributed by atoms with E-state index < -0.39 is 11.3 Å². The van der Waals surface area contributed by atoms with E-state index in [1.807, 2.05) is 30.3 Å². The second kappa shape index (κ2) is 6.96. The van der Waals surface area contributed by atoms with Crippen molar-refractivity contribution in [3.05, 3.63) is 65.7 Å². The molecule has 20 heavy (non-hydrogen) atoms. The van der Waals surface area contributed by atoms with E-state index in [4.69, 9.17) is 16.3 Å². The Balaban J connectivity index is 1.96. The van der Waals surface area contributed by atoms with Gasteiger partial charge in [-0.2, -0.15) is 0 Å². The molecule has 0 saturated carbocycles. The minimum atomic E-state index is -0.789. The van der Waals surface area contributed by atoms with Gasteiger partial charge in [0.05, 0.1) is 7.11 Å². The Morgan fingerprint density at radius 1 is 1.10 bits per heavy atom. The number of methoxy groups -OCH3 is 1. The van der Waals surface area contributed by atoms with E-state index in [9.17, 15) is 4.79 Å². The number of carbonyl (C=O) groups excluding carboxylic acids is 1. The topological polar surface area (TPSA) is 35.5 Å². The number of halogens is 1. The van der Waals surface area contributed by atoms with Crippen molar-refractivity contribution in [2.24, 2.45) is 0 Å². The van der Waals surface area contributed by atoms with Crippen molar-refractivity contribution >= 4 is 17.6 Å². The van der Waals surface area contributed by atoms with Crippen LogP contribution < -0.4 is 4.74 Å². The Labute approximate surface area is 123 Å². The first kappa shape index (κ1) is 14.4. The van der Waals surface area contributed by atoms with Gasteiger partial charge >= 0.3 is 5.97 Å². The lowest BCUT2D eigenvalue weighted by molar-refractivity contribution is -0.140. The van der Waals surface area contributed by atoms with Crippen LogP contribution in [0.1, 0.15) is 16.5 Å². The molecular formula is C16H15ClO3. The average molecular weight is 291 g/mol. The Hall–Kier alpha value is -2.00. The molecule has 0 aromatic heterocycles. The van der Waals surface area contributed by atoms with Crippen LogP contribution in [0.15, 0.2) is 54.6 Å². The van der Waals surface area contributed by atoms with E-state index in [1.54, 1.807) is 24.3 Å². The molecule has 2 rings (SSSR count). The molecule has 1 atom stereocenters. The van der Waals surface area contributed by atoms with Crippen LogP contribution in [0.3, 0.4) is 0 Å². The molecule has 104 valence electrons. The normalized spacial score (nSPS) is 11.7. The molecule has 0 fully saturated rings. The molecule has 0 aliphatic rings. The Bertz CT molecular complexity index is 552. The second-order valence-corrected chi connectivity index (χ2v) is 4.67. The maximum Gasteiger partial charge on any atom is 0.328 e. The molecule has 2 aromatic carbocycles. The third-order valence-electron chi connectivity index (χ3n) is 2.83. The van der Waals surface area contributed by atoms with E-state index in [2.05, 4.69) is 4.74 Å². The van der Waals surface area contributed by atoms with Gasteiger partial charge < -0.3 is 9.47 Å². The SMILES string of the molecule is COC(=O)C(Cl)c1ccc(OCc2ccccc2)cc1. The Morgan fingerprint density at radius 2 is 1.75 bits per heavy atom. The maximum atomic E-state index is 11.3. The molecule has 0 bridgehead atoms. The summed E-state index contributed by atoms with van der Waals surface area (Å²) in [6.45, 7) is 0.501. The molecule has 1 unspecified atom stereocenters. The maximum absolute atomic E-state index is 11.3. The highest BCUT2D eigenvalue weighted by Crippen LogP contribution is 2.24. The predicted octanol–water partition coefficient (Wildman–Crippen LogP) is 3.72.